The molecule has 0 aromatic rings. The standard InChI is InChI=1S/C13H26N2O4/c1-13(2,3)8-15-9-6-19-10(12(9)17)5-14-11(16)7-18-4/h9-10,12,15,17H,5-8H2,1-4H3,(H,14,16)/t9-,10-,12+/m1/s1. The summed E-state index contributed by atoms with van der Waals surface area (Å²) in [6.45, 7) is 7.98. The molecule has 1 amide bonds. The molecule has 0 saturated carbocycles. The third-order valence-corrected chi connectivity index (χ3v) is 2.95. The molecule has 0 radical (unpaired) electrons. The maximum Gasteiger partial charge on any atom is 0.246 e. The lowest BCUT2D eigenvalue weighted by Gasteiger charge is -2.24. The van der Waals surface area contributed by atoms with E-state index in [1.807, 2.05) is 0 Å². The number of amides is 1. The van der Waals surface area contributed by atoms with Crippen molar-refractivity contribution in [1.82, 2.24) is 10.6 Å². The van der Waals surface area contributed by atoms with E-state index in [2.05, 4.69) is 31.4 Å². The summed E-state index contributed by atoms with van der Waals surface area (Å²) in [6, 6.07) is -0.0800. The minimum atomic E-state index is -0.606. The Hall–Kier alpha value is -0.690. The Labute approximate surface area is 114 Å². The van der Waals surface area contributed by atoms with Gasteiger partial charge in [0.05, 0.1) is 18.8 Å². The van der Waals surface area contributed by atoms with Crippen molar-refractivity contribution in [3.63, 3.8) is 0 Å². The Morgan fingerprint density at radius 1 is 1.47 bits per heavy atom. The van der Waals surface area contributed by atoms with E-state index in [4.69, 9.17) is 9.47 Å². The van der Waals surface area contributed by atoms with E-state index in [0.29, 0.717) is 13.2 Å². The van der Waals surface area contributed by atoms with E-state index < -0.39 is 6.10 Å². The molecule has 0 aromatic heterocycles. The molecule has 0 aliphatic carbocycles. The Morgan fingerprint density at radius 2 is 2.16 bits per heavy atom. The quantitative estimate of drug-likeness (QED) is 0.609. The first-order chi connectivity index (χ1) is 8.83. The predicted molar refractivity (Wildman–Crippen MR) is 71.9 cm³/mol. The van der Waals surface area contributed by atoms with Crippen LogP contribution in [0.25, 0.3) is 0 Å². The largest absolute Gasteiger partial charge is 0.389 e. The third kappa shape index (κ3) is 5.86. The number of methoxy groups -OCH3 is 1. The topological polar surface area (TPSA) is 79.8 Å². The van der Waals surface area contributed by atoms with Gasteiger partial charge in [0.25, 0.3) is 0 Å². The Bertz CT molecular complexity index is 291. The number of carbonyl (C=O) groups excluding carboxylic acids is 1. The summed E-state index contributed by atoms with van der Waals surface area (Å²) in [5, 5.41) is 16.1. The highest BCUT2D eigenvalue weighted by Gasteiger charge is 2.36. The summed E-state index contributed by atoms with van der Waals surface area (Å²) >= 11 is 0. The lowest BCUT2D eigenvalue weighted by Crippen LogP contribution is -2.47. The molecule has 3 N–H and O–H groups in total. The van der Waals surface area contributed by atoms with Crippen LogP contribution in [0.15, 0.2) is 0 Å². The summed E-state index contributed by atoms with van der Waals surface area (Å²) in [5.41, 5.74) is 0.157. The van der Waals surface area contributed by atoms with Crippen molar-refractivity contribution >= 4 is 5.91 Å². The molecule has 19 heavy (non-hydrogen) atoms. The van der Waals surface area contributed by atoms with Gasteiger partial charge in [-0.2, -0.15) is 0 Å². The van der Waals surface area contributed by atoms with Gasteiger partial charge in [-0.3, -0.25) is 4.79 Å². The molecular formula is C13H26N2O4. The van der Waals surface area contributed by atoms with Crippen LogP contribution in [0.4, 0.5) is 0 Å². The summed E-state index contributed by atoms with van der Waals surface area (Å²) in [5.74, 6) is -0.204. The van der Waals surface area contributed by atoms with Gasteiger partial charge in [-0.25, -0.2) is 0 Å². The first kappa shape index (κ1) is 16.4. The fourth-order valence-corrected chi connectivity index (χ4v) is 1.88. The molecule has 112 valence electrons. The maximum absolute atomic E-state index is 11.3. The van der Waals surface area contributed by atoms with Crippen molar-refractivity contribution < 1.29 is 19.4 Å². The van der Waals surface area contributed by atoms with Crippen molar-refractivity contribution in [3.8, 4) is 0 Å². The zero-order valence-electron chi connectivity index (χ0n) is 12.2. The molecule has 1 rings (SSSR count). The Kier molecular flexibility index (Phi) is 6.19. The summed E-state index contributed by atoms with van der Waals surface area (Å²) in [4.78, 5) is 11.3. The predicted octanol–water partition coefficient (Wildman–Crippen LogP) is -0.487. The number of aliphatic hydroxyl groups excluding tert-OH is 1. The van der Waals surface area contributed by atoms with E-state index in [9.17, 15) is 9.90 Å². The van der Waals surface area contributed by atoms with Gasteiger partial charge in [0.1, 0.15) is 12.7 Å². The van der Waals surface area contributed by atoms with Crippen LogP contribution in [0.5, 0.6) is 0 Å². The first-order valence-corrected chi connectivity index (χ1v) is 6.62. The SMILES string of the molecule is COCC(=O)NC[C@H]1OC[C@@H](NCC(C)(C)C)[C@@H]1O. The zero-order valence-corrected chi connectivity index (χ0v) is 12.2. The molecule has 1 heterocycles. The minimum Gasteiger partial charge on any atom is -0.389 e. The van der Waals surface area contributed by atoms with Crippen LogP contribution in [0.1, 0.15) is 20.8 Å². The van der Waals surface area contributed by atoms with Gasteiger partial charge in [-0.05, 0) is 5.41 Å². The molecule has 6 nitrogen and oxygen atoms in total. The third-order valence-electron chi connectivity index (χ3n) is 2.95. The first-order valence-electron chi connectivity index (χ1n) is 6.62. The van der Waals surface area contributed by atoms with Crippen molar-refractivity contribution in [3.05, 3.63) is 0 Å². The Morgan fingerprint density at radius 3 is 2.74 bits per heavy atom. The smallest absolute Gasteiger partial charge is 0.246 e. The maximum atomic E-state index is 11.3. The van der Waals surface area contributed by atoms with E-state index in [0.717, 1.165) is 6.54 Å². The number of ether oxygens (including phenoxy) is 2. The highest BCUT2D eigenvalue weighted by molar-refractivity contribution is 5.77. The minimum absolute atomic E-state index is 0.0223. The van der Waals surface area contributed by atoms with Gasteiger partial charge >= 0.3 is 0 Å². The number of carbonyl (C=O) groups is 1. The fraction of sp³-hybridized carbons (Fsp3) is 0.923. The molecule has 1 aliphatic rings. The van der Waals surface area contributed by atoms with Gasteiger partial charge in [-0.1, -0.05) is 20.8 Å². The number of hydrogen-bond acceptors (Lipinski definition) is 5. The van der Waals surface area contributed by atoms with Crippen molar-refractivity contribution in [2.24, 2.45) is 5.41 Å². The lowest BCUT2D eigenvalue weighted by atomic mass is 9.96. The highest BCUT2D eigenvalue weighted by Crippen LogP contribution is 2.16. The average molecular weight is 274 g/mol. The van der Waals surface area contributed by atoms with Gasteiger partial charge in [-0.15, -0.1) is 0 Å². The lowest BCUT2D eigenvalue weighted by molar-refractivity contribution is -0.125. The normalized spacial score (nSPS) is 27.5. The molecule has 0 bridgehead atoms. The molecule has 1 saturated heterocycles. The molecule has 0 aromatic carbocycles. The summed E-state index contributed by atoms with van der Waals surface area (Å²) < 4.78 is 10.2. The van der Waals surface area contributed by atoms with Crippen LogP contribution < -0.4 is 10.6 Å². The van der Waals surface area contributed by atoms with Crippen LogP contribution in [-0.4, -0.2) is 62.7 Å². The number of rotatable bonds is 6. The van der Waals surface area contributed by atoms with Crippen LogP contribution in [0, 0.1) is 5.41 Å². The van der Waals surface area contributed by atoms with Gasteiger partial charge in [0.2, 0.25) is 5.91 Å². The molecule has 6 heteroatoms. The average Bonchev–Trinajstić information content (AvgIpc) is 2.65. The molecule has 1 fully saturated rings. The van der Waals surface area contributed by atoms with E-state index in [1.165, 1.54) is 7.11 Å². The van der Waals surface area contributed by atoms with E-state index >= 15 is 0 Å². The van der Waals surface area contributed by atoms with Gasteiger partial charge in [0, 0.05) is 20.2 Å². The zero-order chi connectivity index (χ0) is 14.5. The van der Waals surface area contributed by atoms with E-state index in [1.54, 1.807) is 0 Å². The number of hydrogen-bond donors (Lipinski definition) is 3. The second-order valence-electron chi connectivity index (χ2n) is 6.15. The van der Waals surface area contributed by atoms with Crippen molar-refractivity contribution in [2.45, 2.75) is 39.0 Å². The van der Waals surface area contributed by atoms with Crippen molar-refractivity contribution in [2.75, 3.05) is 33.4 Å². The van der Waals surface area contributed by atoms with Crippen LogP contribution in [0.3, 0.4) is 0 Å². The molecule has 0 spiro atoms. The van der Waals surface area contributed by atoms with Gasteiger partial charge < -0.3 is 25.2 Å². The van der Waals surface area contributed by atoms with E-state index in [-0.39, 0.29) is 30.1 Å². The van der Waals surface area contributed by atoms with Gasteiger partial charge in [0.15, 0.2) is 0 Å². The highest BCUT2D eigenvalue weighted by atomic mass is 16.5. The molecule has 0 unspecified atom stereocenters. The van der Waals surface area contributed by atoms with Crippen LogP contribution in [-0.2, 0) is 14.3 Å². The second kappa shape index (κ2) is 7.19. The monoisotopic (exact) mass is 274 g/mol. The van der Waals surface area contributed by atoms with Crippen LogP contribution in [0.2, 0.25) is 0 Å². The fourth-order valence-electron chi connectivity index (χ4n) is 1.88. The molecule has 3 atom stereocenters. The second-order valence-corrected chi connectivity index (χ2v) is 6.15. The molecular weight excluding hydrogens is 248 g/mol. The number of nitrogens with one attached hydrogen (secondary N) is 2. The van der Waals surface area contributed by atoms with Crippen molar-refractivity contribution in [1.29, 1.82) is 0 Å². The number of aliphatic hydroxyl groups is 1. The summed E-state index contributed by atoms with van der Waals surface area (Å²) in [7, 11) is 1.47. The Balaban J connectivity index is 2.30. The van der Waals surface area contributed by atoms with Crippen LogP contribution >= 0.6 is 0 Å². The summed E-state index contributed by atoms with van der Waals surface area (Å²) in [6.07, 6.45) is -0.969. The molecule has 1 aliphatic heterocycles.